The second kappa shape index (κ2) is 7.44. The lowest BCUT2D eigenvalue weighted by Crippen LogP contribution is -2.49. The lowest BCUT2D eigenvalue weighted by atomic mass is 10.2. The number of urea groups is 1. The van der Waals surface area contributed by atoms with Crippen LogP contribution in [-0.2, 0) is 6.54 Å². The molecule has 2 amide bonds. The van der Waals surface area contributed by atoms with Crippen molar-refractivity contribution in [2.24, 2.45) is 0 Å². The minimum Gasteiger partial charge on any atom is -0.322 e. The van der Waals surface area contributed by atoms with Crippen LogP contribution in [0.2, 0.25) is 5.02 Å². The van der Waals surface area contributed by atoms with Crippen LogP contribution in [0, 0.1) is 0 Å². The quantitative estimate of drug-likeness (QED) is 0.940. The van der Waals surface area contributed by atoms with Crippen LogP contribution in [0.25, 0.3) is 0 Å². The van der Waals surface area contributed by atoms with Crippen molar-refractivity contribution in [2.45, 2.75) is 6.54 Å². The summed E-state index contributed by atoms with van der Waals surface area (Å²) in [5, 5.41) is 3.56. The average Bonchev–Trinajstić information content (AvgIpc) is 2.58. The van der Waals surface area contributed by atoms with E-state index in [4.69, 9.17) is 11.6 Å². The first-order valence-electron chi connectivity index (χ1n) is 7.64. The van der Waals surface area contributed by atoms with Gasteiger partial charge >= 0.3 is 6.03 Å². The smallest absolute Gasteiger partial charge is 0.321 e. The summed E-state index contributed by atoms with van der Waals surface area (Å²) >= 11 is 5.85. The molecule has 1 aliphatic heterocycles. The number of anilines is 1. The molecule has 1 fully saturated rings. The van der Waals surface area contributed by atoms with Crippen LogP contribution in [0.1, 0.15) is 5.69 Å². The zero-order valence-electron chi connectivity index (χ0n) is 12.8. The molecule has 0 aliphatic carbocycles. The van der Waals surface area contributed by atoms with Gasteiger partial charge < -0.3 is 10.2 Å². The normalized spacial score (nSPS) is 15.4. The van der Waals surface area contributed by atoms with E-state index in [0.29, 0.717) is 18.1 Å². The number of hydrogen-bond donors (Lipinski definition) is 1. The van der Waals surface area contributed by atoms with Crippen molar-refractivity contribution in [2.75, 3.05) is 31.5 Å². The molecule has 0 unspecified atom stereocenters. The number of aromatic nitrogens is 1. The second-order valence-corrected chi connectivity index (χ2v) is 5.96. The zero-order valence-corrected chi connectivity index (χ0v) is 13.5. The summed E-state index contributed by atoms with van der Waals surface area (Å²) in [6, 6.07) is 13.0. The lowest BCUT2D eigenvalue weighted by molar-refractivity contribution is 0.142. The zero-order chi connectivity index (χ0) is 16.1. The fourth-order valence-electron chi connectivity index (χ4n) is 2.57. The Morgan fingerprint density at radius 1 is 1.09 bits per heavy atom. The number of hydrogen-bond acceptors (Lipinski definition) is 3. The molecule has 1 N–H and O–H groups in total. The van der Waals surface area contributed by atoms with Crippen LogP contribution in [0.4, 0.5) is 10.5 Å². The van der Waals surface area contributed by atoms with E-state index in [9.17, 15) is 4.79 Å². The maximum Gasteiger partial charge on any atom is 0.321 e. The van der Waals surface area contributed by atoms with Crippen molar-refractivity contribution in [3.05, 3.63) is 59.4 Å². The standard InChI is InChI=1S/C17H19ClN4O/c18-14-4-6-15(7-5-14)20-17(23)22-11-9-21(10-12-22)13-16-3-1-2-8-19-16/h1-8H,9-13H2,(H,20,23). The lowest BCUT2D eigenvalue weighted by Gasteiger charge is -2.34. The third kappa shape index (κ3) is 4.43. The van der Waals surface area contributed by atoms with Crippen molar-refractivity contribution in [1.82, 2.24) is 14.8 Å². The number of carbonyl (C=O) groups is 1. The Bertz CT molecular complexity index is 639. The van der Waals surface area contributed by atoms with E-state index in [1.807, 2.05) is 29.3 Å². The number of halogens is 1. The molecule has 0 radical (unpaired) electrons. The highest BCUT2D eigenvalue weighted by Crippen LogP contribution is 2.14. The molecular formula is C17H19ClN4O. The number of nitrogens with one attached hydrogen (secondary N) is 1. The van der Waals surface area contributed by atoms with Gasteiger partial charge in [-0.25, -0.2) is 4.79 Å². The summed E-state index contributed by atoms with van der Waals surface area (Å²) in [6.07, 6.45) is 1.81. The van der Waals surface area contributed by atoms with Crippen LogP contribution < -0.4 is 5.32 Å². The van der Waals surface area contributed by atoms with Gasteiger partial charge in [0.15, 0.2) is 0 Å². The fourth-order valence-corrected chi connectivity index (χ4v) is 2.69. The molecule has 6 heteroatoms. The van der Waals surface area contributed by atoms with Crippen LogP contribution in [-0.4, -0.2) is 47.0 Å². The first-order valence-corrected chi connectivity index (χ1v) is 8.02. The van der Waals surface area contributed by atoms with Gasteiger partial charge in [-0.1, -0.05) is 17.7 Å². The summed E-state index contributed by atoms with van der Waals surface area (Å²) in [6.45, 7) is 3.96. The molecule has 1 aromatic heterocycles. The molecule has 5 nitrogen and oxygen atoms in total. The fraction of sp³-hybridized carbons (Fsp3) is 0.294. The van der Waals surface area contributed by atoms with Gasteiger partial charge in [0.2, 0.25) is 0 Å². The van der Waals surface area contributed by atoms with E-state index in [-0.39, 0.29) is 6.03 Å². The predicted molar refractivity (Wildman–Crippen MR) is 91.6 cm³/mol. The van der Waals surface area contributed by atoms with Crippen molar-refractivity contribution in [1.29, 1.82) is 0 Å². The Morgan fingerprint density at radius 3 is 2.48 bits per heavy atom. The molecule has 1 aliphatic rings. The average molecular weight is 331 g/mol. The first-order chi connectivity index (χ1) is 11.2. The Morgan fingerprint density at radius 2 is 1.83 bits per heavy atom. The first kappa shape index (κ1) is 15.8. The van der Waals surface area contributed by atoms with E-state index in [1.165, 1.54) is 0 Å². The van der Waals surface area contributed by atoms with E-state index in [2.05, 4.69) is 15.2 Å². The van der Waals surface area contributed by atoms with Crippen LogP contribution in [0.15, 0.2) is 48.7 Å². The van der Waals surface area contributed by atoms with Crippen LogP contribution in [0.3, 0.4) is 0 Å². The highest BCUT2D eigenvalue weighted by molar-refractivity contribution is 6.30. The molecule has 23 heavy (non-hydrogen) atoms. The molecule has 1 aromatic carbocycles. The van der Waals surface area contributed by atoms with E-state index < -0.39 is 0 Å². The van der Waals surface area contributed by atoms with Gasteiger partial charge in [-0.05, 0) is 36.4 Å². The van der Waals surface area contributed by atoms with Gasteiger partial charge in [-0.3, -0.25) is 9.88 Å². The topological polar surface area (TPSA) is 48.5 Å². The summed E-state index contributed by atoms with van der Waals surface area (Å²) in [4.78, 5) is 20.8. The second-order valence-electron chi connectivity index (χ2n) is 5.52. The minimum atomic E-state index is -0.0650. The Balaban J connectivity index is 1.48. The highest BCUT2D eigenvalue weighted by Gasteiger charge is 2.21. The number of pyridine rings is 1. The number of benzene rings is 1. The van der Waals surface area contributed by atoms with Crippen molar-refractivity contribution in [3.63, 3.8) is 0 Å². The summed E-state index contributed by atoms with van der Waals surface area (Å²) < 4.78 is 0. The largest absolute Gasteiger partial charge is 0.322 e. The van der Waals surface area contributed by atoms with Gasteiger partial charge in [0, 0.05) is 49.6 Å². The Labute approximate surface area is 140 Å². The maximum absolute atomic E-state index is 12.3. The van der Waals surface area contributed by atoms with Crippen molar-refractivity contribution >= 4 is 23.3 Å². The van der Waals surface area contributed by atoms with E-state index in [1.54, 1.807) is 24.3 Å². The van der Waals surface area contributed by atoms with Crippen LogP contribution in [0.5, 0.6) is 0 Å². The molecule has 0 spiro atoms. The number of amides is 2. The minimum absolute atomic E-state index is 0.0650. The molecule has 2 heterocycles. The molecule has 0 bridgehead atoms. The van der Waals surface area contributed by atoms with Gasteiger partial charge in [0.25, 0.3) is 0 Å². The third-order valence-electron chi connectivity index (χ3n) is 3.87. The number of carbonyl (C=O) groups excluding carboxylic acids is 1. The van der Waals surface area contributed by atoms with Crippen molar-refractivity contribution < 1.29 is 4.79 Å². The van der Waals surface area contributed by atoms with Crippen LogP contribution >= 0.6 is 11.6 Å². The van der Waals surface area contributed by atoms with Gasteiger partial charge in [0.1, 0.15) is 0 Å². The van der Waals surface area contributed by atoms with Crippen molar-refractivity contribution in [3.8, 4) is 0 Å². The van der Waals surface area contributed by atoms with E-state index >= 15 is 0 Å². The predicted octanol–water partition coefficient (Wildman–Crippen LogP) is 3.08. The van der Waals surface area contributed by atoms with E-state index in [0.717, 1.165) is 31.0 Å². The number of nitrogens with zero attached hydrogens (tertiary/aromatic N) is 3. The Kier molecular flexibility index (Phi) is 5.10. The molecule has 0 atom stereocenters. The molecule has 120 valence electrons. The molecular weight excluding hydrogens is 312 g/mol. The molecule has 1 saturated heterocycles. The highest BCUT2D eigenvalue weighted by atomic mass is 35.5. The summed E-state index contributed by atoms with van der Waals surface area (Å²) in [5.41, 5.74) is 1.82. The Hall–Kier alpha value is -2.11. The van der Waals surface area contributed by atoms with Gasteiger partial charge in [-0.2, -0.15) is 0 Å². The number of piperazine rings is 1. The molecule has 0 saturated carbocycles. The summed E-state index contributed by atoms with van der Waals surface area (Å²) in [5.74, 6) is 0. The monoisotopic (exact) mass is 330 g/mol. The summed E-state index contributed by atoms with van der Waals surface area (Å²) in [7, 11) is 0. The van der Waals surface area contributed by atoms with Gasteiger partial charge in [0.05, 0.1) is 5.69 Å². The van der Waals surface area contributed by atoms with Gasteiger partial charge in [-0.15, -0.1) is 0 Å². The SMILES string of the molecule is O=C(Nc1ccc(Cl)cc1)N1CCN(Cc2ccccn2)CC1. The number of rotatable bonds is 3. The molecule has 3 rings (SSSR count). The molecule has 2 aromatic rings. The maximum atomic E-state index is 12.3. The third-order valence-corrected chi connectivity index (χ3v) is 4.12.